The van der Waals surface area contributed by atoms with Crippen molar-refractivity contribution in [1.82, 2.24) is 14.7 Å². The fraction of sp³-hybridized carbons (Fsp3) is 0.704. The maximum Gasteiger partial charge on any atom is 0.254 e. The molecule has 3 aliphatic heterocycles. The van der Waals surface area contributed by atoms with Crippen LogP contribution in [-0.4, -0.2) is 71.8 Å². The Morgan fingerprint density at radius 3 is 2.22 bits per heavy atom. The van der Waals surface area contributed by atoms with E-state index < -0.39 is 0 Å². The van der Waals surface area contributed by atoms with Gasteiger partial charge < -0.3 is 14.7 Å². The molecule has 1 atom stereocenters. The van der Waals surface area contributed by atoms with Gasteiger partial charge in [-0.25, -0.2) is 0 Å². The van der Waals surface area contributed by atoms with Gasteiger partial charge in [-0.3, -0.25) is 9.59 Å². The molecule has 0 aliphatic carbocycles. The van der Waals surface area contributed by atoms with Crippen LogP contribution in [0.15, 0.2) is 24.3 Å². The minimum Gasteiger partial charge on any atom is -0.343 e. The number of piperidine rings is 3. The molecular formula is C27H41N3O2. The van der Waals surface area contributed by atoms with E-state index in [4.69, 9.17) is 0 Å². The van der Waals surface area contributed by atoms with Crippen molar-refractivity contribution in [3.05, 3.63) is 35.4 Å². The highest BCUT2D eigenvalue weighted by atomic mass is 16.2. The summed E-state index contributed by atoms with van der Waals surface area (Å²) in [7, 11) is 0. The predicted octanol–water partition coefficient (Wildman–Crippen LogP) is 4.36. The summed E-state index contributed by atoms with van der Waals surface area (Å²) >= 11 is 0. The normalized spacial score (nSPS) is 23.3. The standard InChI is InChI=1S/C27H41N3O2/c1-22(31)29-19-12-24(13-20-29)21-23-8-10-25(11-9-23)27(32)30-17-6-3-7-26(30)14-18-28-15-4-2-5-16-28/h8-11,24,26H,2-7,12-21H2,1H3. The van der Waals surface area contributed by atoms with E-state index in [1.54, 1.807) is 6.92 Å². The Kier molecular flexibility index (Phi) is 8.23. The van der Waals surface area contributed by atoms with Crippen LogP contribution in [0.2, 0.25) is 0 Å². The van der Waals surface area contributed by atoms with Gasteiger partial charge in [-0.05, 0) is 94.5 Å². The van der Waals surface area contributed by atoms with Gasteiger partial charge in [-0.2, -0.15) is 0 Å². The molecule has 0 radical (unpaired) electrons. The van der Waals surface area contributed by atoms with E-state index in [2.05, 4.69) is 21.9 Å². The van der Waals surface area contributed by atoms with E-state index in [0.717, 1.165) is 70.3 Å². The highest BCUT2D eigenvalue weighted by Crippen LogP contribution is 2.25. The Labute approximate surface area is 194 Å². The molecule has 32 heavy (non-hydrogen) atoms. The summed E-state index contributed by atoms with van der Waals surface area (Å²) in [6.45, 7) is 7.92. The molecule has 1 aromatic carbocycles. The number of benzene rings is 1. The fourth-order valence-electron chi connectivity index (χ4n) is 5.82. The van der Waals surface area contributed by atoms with Crippen molar-refractivity contribution in [2.45, 2.75) is 77.2 Å². The van der Waals surface area contributed by atoms with Crippen LogP contribution in [0.3, 0.4) is 0 Å². The molecular weight excluding hydrogens is 398 g/mol. The van der Waals surface area contributed by atoms with Gasteiger partial charge in [0.2, 0.25) is 5.91 Å². The summed E-state index contributed by atoms with van der Waals surface area (Å²) in [5.74, 6) is 1.04. The largest absolute Gasteiger partial charge is 0.343 e. The van der Waals surface area contributed by atoms with Crippen molar-refractivity contribution < 1.29 is 9.59 Å². The Bertz CT molecular complexity index is 749. The van der Waals surface area contributed by atoms with Crippen molar-refractivity contribution in [3.8, 4) is 0 Å². The predicted molar refractivity (Wildman–Crippen MR) is 129 cm³/mol. The zero-order chi connectivity index (χ0) is 22.3. The van der Waals surface area contributed by atoms with E-state index in [9.17, 15) is 9.59 Å². The maximum atomic E-state index is 13.3. The second-order valence-electron chi connectivity index (χ2n) is 10.2. The Morgan fingerprint density at radius 1 is 0.844 bits per heavy atom. The van der Waals surface area contributed by atoms with Crippen LogP contribution in [0.1, 0.15) is 80.6 Å². The lowest BCUT2D eigenvalue weighted by Crippen LogP contribution is -2.45. The average molecular weight is 440 g/mol. The van der Waals surface area contributed by atoms with Gasteiger partial charge >= 0.3 is 0 Å². The highest BCUT2D eigenvalue weighted by Gasteiger charge is 2.28. The molecule has 176 valence electrons. The Balaban J connectivity index is 1.30. The quantitative estimate of drug-likeness (QED) is 0.662. The zero-order valence-electron chi connectivity index (χ0n) is 19.9. The van der Waals surface area contributed by atoms with Crippen molar-refractivity contribution >= 4 is 11.8 Å². The van der Waals surface area contributed by atoms with Crippen LogP contribution in [0.5, 0.6) is 0 Å². The first-order valence-electron chi connectivity index (χ1n) is 13.0. The SMILES string of the molecule is CC(=O)N1CCC(Cc2ccc(C(=O)N3CCCCC3CCN3CCCCC3)cc2)CC1. The smallest absolute Gasteiger partial charge is 0.254 e. The number of hydrogen-bond donors (Lipinski definition) is 0. The molecule has 3 heterocycles. The lowest BCUT2D eigenvalue weighted by atomic mass is 9.90. The van der Waals surface area contributed by atoms with Crippen molar-refractivity contribution in [2.24, 2.45) is 5.92 Å². The second kappa shape index (κ2) is 11.3. The highest BCUT2D eigenvalue weighted by molar-refractivity contribution is 5.94. The molecule has 0 saturated carbocycles. The Morgan fingerprint density at radius 2 is 1.53 bits per heavy atom. The number of nitrogens with zero attached hydrogens (tertiary/aromatic N) is 3. The average Bonchev–Trinajstić information content (AvgIpc) is 2.84. The summed E-state index contributed by atoms with van der Waals surface area (Å²) < 4.78 is 0. The molecule has 3 saturated heterocycles. The lowest BCUT2D eigenvalue weighted by molar-refractivity contribution is -0.130. The molecule has 5 heteroatoms. The maximum absolute atomic E-state index is 13.3. The molecule has 3 aliphatic rings. The van der Waals surface area contributed by atoms with E-state index in [1.165, 1.54) is 44.3 Å². The molecule has 1 unspecified atom stereocenters. The fourth-order valence-corrected chi connectivity index (χ4v) is 5.82. The summed E-state index contributed by atoms with van der Waals surface area (Å²) in [5.41, 5.74) is 2.15. The third-order valence-corrected chi connectivity index (χ3v) is 7.90. The molecule has 0 N–H and O–H groups in total. The number of carbonyl (C=O) groups excluding carboxylic acids is 2. The Hall–Kier alpha value is -1.88. The van der Waals surface area contributed by atoms with Crippen molar-refractivity contribution in [2.75, 3.05) is 39.3 Å². The summed E-state index contributed by atoms with van der Waals surface area (Å²) in [5, 5.41) is 0. The van der Waals surface area contributed by atoms with Crippen molar-refractivity contribution in [3.63, 3.8) is 0 Å². The minimum absolute atomic E-state index is 0.193. The van der Waals surface area contributed by atoms with Crippen LogP contribution < -0.4 is 0 Å². The molecule has 0 aromatic heterocycles. The van der Waals surface area contributed by atoms with Crippen LogP contribution in [0.25, 0.3) is 0 Å². The van der Waals surface area contributed by atoms with Crippen LogP contribution >= 0.6 is 0 Å². The van der Waals surface area contributed by atoms with E-state index in [-0.39, 0.29) is 11.8 Å². The zero-order valence-corrected chi connectivity index (χ0v) is 19.9. The monoisotopic (exact) mass is 439 g/mol. The number of hydrogen-bond acceptors (Lipinski definition) is 3. The number of carbonyl (C=O) groups is 2. The van der Waals surface area contributed by atoms with Crippen LogP contribution in [0, 0.1) is 5.92 Å². The third-order valence-electron chi connectivity index (χ3n) is 7.90. The summed E-state index contributed by atoms with van der Waals surface area (Å²) in [6, 6.07) is 8.77. The summed E-state index contributed by atoms with van der Waals surface area (Å²) in [6.07, 6.45) is 11.9. The molecule has 2 amide bonds. The molecule has 0 spiro atoms. The van der Waals surface area contributed by atoms with Crippen LogP contribution in [-0.2, 0) is 11.2 Å². The first-order valence-corrected chi connectivity index (χ1v) is 13.0. The van der Waals surface area contributed by atoms with Gasteiger partial charge in [0.05, 0.1) is 0 Å². The van der Waals surface area contributed by atoms with E-state index in [0.29, 0.717) is 12.0 Å². The lowest BCUT2D eigenvalue weighted by Gasteiger charge is -2.37. The number of amides is 2. The summed E-state index contributed by atoms with van der Waals surface area (Å²) in [4.78, 5) is 31.6. The van der Waals surface area contributed by atoms with Crippen LogP contribution in [0.4, 0.5) is 0 Å². The topological polar surface area (TPSA) is 43.9 Å². The number of likely N-dealkylation sites (tertiary alicyclic amines) is 3. The number of rotatable bonds is 6. The van der Waals surface area contributed by atoms with Gasteiger partial charge in [-0.1, -0.05) is 18.6 Å². The minimum atomic E-state index is 0.193. The van der Waals surface area contributed by atoms with Crippen molar-refractivity contribution in [1.29, 1.82) is 0 Å². The molecule has 5 nitrogen and oxygen atoms in total. The first kappa shape index (κ1) is 23.3. The van der Waals surface area contributed by atoms with E-state index >= 15 is 0 Å². The van der Waals surface area contributed by atoms with E-state index in [1.807, 2.05) is 17.0 Å². The van der Waals surface area contributed by atoms with Gasteiger partial charge in [0, 0.05) is 44.7 Å². The molecule has 4 rings (SSSR count). The third kappa shape index (κ3) is 6.12. The molecule has 3 fully saturated rings. The van der Waals surface area contributed by atoms with Gasteiger partial charge in [0.1, 0.15) is 0 Å². The van der Waals surface area contributed by atoms with Gasteiger partial charge in [-0.15, -0.1) is 0 Å². The van der Waals surface area contributed by atoms with Gasteiger partial charge in [0.25, 0.3) is 5.91 Å². The second-order valence-corrected chi connectivity index (χ2v) is 10.2. The molecule has 1 aromatic rings. The first-order chi connectivity index (χ1) is 15.6. The molecule has 0 bridgehead atoms. The van der Waals surface area contributed by atoms with Gasteiger partial charge in [0.15, 0.2) is 0 Å².